The van der Waals surface area contributed by atoms with Gasteiger partial charge in [0.1, 0.15) is 5.75 Å². The molecule has 0 amide bonds. The van der Waals surface area contributed by atoms with Crippen LogP contribution >= 0.6 is 0 Å². The van der Waals surface area contributed by atoms with Crippen molar-refractivity contribution in [3.05, 3.63) is 78.1 Å². The molecule has 0 atom stereocenters. The average molecular weight is 304 g/mol. The Kier molecular flexibility index (Phi) is 4.43. The van der Waals surface area contributed by atoms with Gasteiger partial charge in [0.25, 0.3) is 0 Å². The number of hydrogen-bond acceptors (Lipinski definition) is 4. The number of benzene rings is 1. The van der Waals surface area contributed by atoms with E-state index in [-0.39, 0.29) is 5.78 Å². The molecule has 0 aliphatic rings. The lowest BCUT2D eigenvalue weighted by Crippen LogP contribution is -2.04. The van der Waals surface area contributed by atoms with Gasteiger partial charge in [-0.25, -0.2) is 0 Å². The van der Waals surface area contributed by atoms with Gasteiger partial charge in [0.2, 0.25) is 0 Å². The molecule has 3 aromatic rings. The van der Waals surface area contributed by atoms with E-state index in [9.17, 15) is 4.79 Å². The summed E-state index contributed by atoms with van der Waals surface area (Å²) in [6.45, 7) is 0. The summed E-state index contributed by atoms with van der Waals surface area (Å²) in [5.41, 5.74) is 3.05. The maximum Gasteiger partial charge on any atom is 0.168 e. The lowest BCUT2D eigenvalue weighted by atomic mass is 10.0. The molecule has 114 valence electrons. The number of carbonyl (C=O) groups excluding carboxylic acids is 1. The Bertz CT molecular complexity index is 799. The Balaban J connectivity index is 1.75. The van der Waals surface area contributed by atoms with Crippen LogP contribution in [0.25, 0.3) is 11.4 Å². The number of carbonyl (C=O) groups is 1. The summed E-state index contributed by atoms with van der Waals surface area (Å²) in [5.74, 6) is 0.775. The molecule has 0 bridgehead atoms. The van der Waals surface area contributed by atoms with Crippen LogP contribution < -0.4 is 4.74 Å². The minimum absolute atomic E-state index is 0.0262. The van der Waals surface area contributed by atoms with E-state index < -0.39 is 0 Å². The van der Waals surface area contributed by atoms with Gasteiger partial charge in [0, 0.05) is 24.4 Å². The van der Waals surface area contributed by atoms with Crippen LogP contribution in [0.3, 0.4) is 0 Å². The van der Waals surface area contributed by atoms with Crippen LogP contribution in [0.5, 0.6) is 5.75 Å². The molecule has 3 rings (SSSR count). The zero-order chi connectivity index (χ0) is 16.1. The van der Waals surface area contributed by atoms with Crippen LogP contribution in [0.2, 0.25) is 0 Å². The number of ketones is 1. The highest BCUT2D eigenvalue weighted by Gasteiger charge is 2.09. The molecule has 0 saturated heterocycles. The lowest BCUT2D eigenvalue weighted by Gasteiger charge is -2.05. The average Bonchev–Trinajstić information content (AvgIpc) is 2.63. The molecule has 0 spiro atoms. The number of rotatable bonds is 5. The summed E-state index contributed by atoms with van der Waals surface area (Å²) in [4.78, 5) is 21.0. The first-order chi connectivity index (χ1) is 11.3. The first-order valence-corrected chi connectivity index (χ1v) is 7.30. The Hall–Kier alpha value is -3.01. The quantitative estimate of drug-likeness (QED) is 0.676. The van der Waals surface area contributed by atoms with Gasteiger partial charge in [-0.15, -0.1) is 0 Å². The van der Waals surface area contributed by atoms with Crippen molar-refractivity contribution in [2.24, 2.45) is 0 Å². The zero-order valence-corrected chi connectivity index (χ0v) is 12.8. The number of ether oxygens (including phenoxy) is 1. The van der Waals surface area contributed by atoms with E-state index in [0.29, 0.717) is 12.0 Å². The minimum Gasteiger partial charge on any atom is -0.497 e. The molecule has 4 heteroatoms. The smallest absolute Gasteiger partial charge is 0.168 e. The highest BCUT2D eigenvalue weighted by atomic mass is 16.5. The summed E-state index contributed by atoms with van der Waals surface area (Å²) in [6.07, 6.45) is 3.65. The normalized spacial score (nSPS) is 10.3. The van der Waals surface area contributed by atoms with Gasteiger partial charge in [-0.2, -0.15) is 0 Å². The number of aromatic nitrogens is 2. The van der Waals surface area contributed by atoms with Crippen LogP contribution in [0.15, 0.2) is 67.0 Å². The first-order valence-electron chi connectivity index (χ1n) is 7.30. The Morgan fingerprint density at radius 2 is 1.87 bits per heavy atom. The van der Waals surface area contributed by atoms with Crippen LogP contribution in [-0.4, -0.2) is 22.9 Å². The van der Waals surface area contributed by atoms with E-state index >= 15 is 0 Å². The Morgan fingerprint density at radius 1 is 1.00 bits per heavy atom. The number of nitrogens with zero attached hydrogens (tertiary/aromatic N) is 2. The Morgan fingerprint density at radius 3 is 2.57 bits per heavy atom. The van der Waals surface area contributed by atoms with Gasteiger partial charge in [-0.3, -0.25) is 14.8 Å². The molecule has 23 heavy (non-hydrogen) atoms. The predicted octanol–water partition coefficient (Wildman–Crippen LogP) is 3.58. The Labute approximate surface area is 134 Å². The van der Waals surface area contributed by atoms with E-state index in [1.54, 1.807) is 25.6 Å². The molecule has 0 N–H and O–H groups in total. The monoisotopic (exact) mass is 304 g/mol. The van der Waals surface area contributed by atoms with Crippen LogP contribution in [0, 0.1) is 0 Å². The lowest BCUT2D eigenvalue weighted by molar-refractivity contribution is 0.0992. The summed E-state index contributed by atoms with van der Waals surface area (Å²) >= 11 is 0. The predicted molar refractivity (Wildman–Crippen MR) is 88.5 cm³/mol. The van der Waals surface area contributed by atoms with Gasteiger partial charge in [-0.1, -0.05) is 18.2 Å². The largest absolute Gasteiger partial charge is 0.497 e. The van der Waals surface area contributed by atoms with Gasteiger partial charge in [-0.05, 0) is 42.0 Å². The van der Waals surface area contributed by atoms with Crippen molar-refractivity contribution >= 4 is 5.78 Å². The highest BCUT2D eigenvalue weighted by Crippen LogP contribution is 2.17. The number of methoxy groups -OCH3 is 1. The third-order valence-electron chi connectivity index (χ3n) is 3.51. The summed E-state index contributed by atoms with van der Waals surface area (Å²) in [7, 11) is 1.61. The van der Waals surface area contributed by atoms with Crippen molar-refractivity contribution in [1.82, 2.24) is 9.97 Å². The molecule has 0 aliphatic heterocycles. The standard InChI is InChI=1S/C19H16N2O2/c1-23-16-6-4-5-14(11-16)12-19(22)15-8-9-18(21-13-15)17-7-2-3-10-20-17/h2-11,13H,12H2,1H3. The van der Waals surface area contributed by atoms with E-state index in [2.05, 4.69) is 9.97 Å². The topological polar surface area (TPSA) is 52.1 Å². The van der Waals surface area contributed by atoms with Crippen LogP contribution in [0.4, 0.5) is 0 Å². The number of Topliss-reactive ketones (excluding diaryl/α,β-unsaturated/α-hetero) is 1. The summed E-state index contributed by atoms with van der Waals surface area (Å²) in [6, 6.07) is 16.8. The van der Waals surface area contributed by atoms with Crippen molar-refractivity contribution in [2.45, 2.75) is 6.42 Å². The molecule has 0 aliphatic carbocycles. The van der Waals surface area contributed by atoms with Gasteiger partial charge in [0.05, 0.1) is 18.5 Å². The van der Waals surface area contributed by atoms with E-state index in [0.717, 1.165) is 22.7 Å². The number of pyridine rings is 2. The molecule has 1 aromatic carbocycles. The van der Waals surface area contributed by atoms with Crippen molar-refractivity contribution in [3.8, 4) is 17.1 Å². The van der Waals surface area contributed by atoms with Crippen molar-refractivity contribution < 1.29 is 9.53 Å². The molecule has 2 aromatic heterocycles. The van der Waals surface area contributed by atoms with Crippen molar-refractivity contribution in [2.75, 3.05) is 7.11 Å². The molecule has 2 heterocycles. The molecule has 0 radical (unpaired) electrons. The molecule has 0 saturated carbocycles. The maximum atomic E-state index is 12.4. The summed E-state index contributed by atoms with van der Waals surface area (Å²) < 4.78 is 5.18. The molecular weight excluding hydrogens is 288 g/mol. The van der Waals surface area contributed by atoms with Crippen LogP contribution in [-0.2, 0) is 6.42 Å². The highest BCUT2D eigenvalue weighted by molar-refractivity contribution is 5.97. The third-order valence-corrected chi connectivity index (χ3v) is 3.51. The van der Waals surface area contributed by atoms with Crippen LogP contribution in [0.1, 0.15) is 15.9 Å². The van der Waals surface area contributed by atoms with Crippen molar-refractivity contribution in [3.63, 3.8) is 0 Å². The van der Waals surface area contributed by atoms with Gasteiger partial charge in [0.15, 0.2) is 5.78 Å². The zero-order valence-electron chi connectivity index (χ0n) is 12.8. The SMILES string of the molecule is COc1cccc(CC(=O)c2ccc(-c3ccccn3)nc2)c1. The maximum absolute atomic E-state index is 12.4. The van der Waals surface area contributed by atoms with E-state index in [4.69, 9.17) is 4.74 Å². The fourth-order valence-electron chi connectivity index (χ4n) is 2.29. The van der Waals surface area contributed by atoms with E-state index in [1.807, 2.05) is 48.5 Å². The fourth-order valence-corrected chi connectivity index (χ4v) is 2.29. The van der Waals surface area contributed by atoms with Gasteiger partial charge >= 0.3 is 0 Å². The van der Waals surface area contributed by atoms with Crippen molar-refractivity contribution in [1.29, 1.82) is 0 Å². The number of hydrogen-bond donors (Lipinski definition) is 0. The molecular formula is C19H16N2O2. The molecule has 0 unspecified atom stereocenters. The second-order valence-corrected chi connectivity index (χ2v) is 5.10. The fraction of sp³-hybridized carbons (Fsp3) is 0.105. The second-order valence-electron chi connectivity index (χ2n) is 5.10. The molecule has 4 nitrogen and oxygen atoms in total. The molecule has 0 fully saturated rings. The second kappa shape index (κ2) is 6.83. The van der Waals surface area contributed by atoms with Gasteiger partial charge < -0.3 is 4.74 Å². The first kappa shape index (κ1) is 14.9. The van der Waals surface area contributed by atoms with E-state index in [1.165, 1.54) is 0 Å². The summed E-state index contributed by atoms with van der Waals surface area (Å²) in [5, 5.41) is 0. The minimum atomic E-state index is 0.0262. The third kappa shape index (κ3) is 3.61.